The monoisotopic (exact) mass is 162 g/mol. The van der Waals surface area contributed by atoms with Crippen molar-refractivity contribution in [1.82, 2.24) is 10.3 Å². The summed E-state index contributed by atoms with van der Waals surface area (Å²) in [4.78, 5) is 4.31. The summed E-state index contributed by atoms with van der Waals surface area (Å²) in [6, 6.07) is 6.14. The fourth-order valence-electron chi connectivity index (χ4n) is 1.70. The van der Waals surface area contributed by atoms with Crippen LogP contribution in [0.15, 0.2) is 24.4 Å². The minimum Gasteiger partial charge on any atom is -0.316 e. The third-order valence-corrected chi connectivity index (χ3v) is 2.39. The molecule has 1 aromatic heterocycles. The molecule has 1 saturated heterocycles. The highest BCUT2D eigenvalue weighted by molar-refractivity contribution is 5.04. The third-order valence-electron chi connectivity index (χ3n) is 2.39. The number of hydrogen-bond donors (Lipinski definition) is 1. The summed E-state index contributed by atoms with van der Waals surface area (Å²) in [5, 5.41) is 3.36. The number of pyridine rings is 1. The highest BCUT2D eigenvalue weighted by Gasteiger charge is 2.14. The van der Waals surface area contributed by atoms with Crippen LogP contribution in [0.5, 0.6) is 0 Å². The SMILES string of the molecule is c1ccc(CC2CCNC2)nc1. The summed E-state index contributed by atoms with van der Waals surface area (Å²) < 4.78 is 0. The molecule has 1 N–H and O–H groups in total. The predicted molar refractivity (Wildman–Crippen MR) is 48.9 cm³/mol. The molecule has 1 fully saturated rings. The number of hydrogen-bond acceptors (Lipinski definition) is 2. The molecule has 1 aliphatic rings. The lowest BCUT2D eigenvalue weighted by Crippen LogP contribution is -2.11. The van der Waals surface area contributed by atoms with Crippen molar-refractivity contribution in [2.24, 2.45) is 5.92 Å². The van der Waals surface area contributed by atoms with Gasteiger partial charge in [0.05, 0.1) is 0 Å². The Bertz CT molecular complexity index is 227. The van der Waals surface area contributed by atoms with Crippen LogP contribution in [0.3, 0.4) is 0 Å². The Labute approximate surface area is 73.0 Å². The van der Waals surface area contributed by atoms with Crippen molar-refractivity contribution >= 4 is 0 Å². The van der Waals surface area contributed by atoms with Gasteiger partial charge in [-0.15, -0.1) is 0 Å². The second-order valence-electron chi connectivity index (χ2n) is 3.38. The molecule has 1 atom stereocenters. The summed E-state index contributed by atoms with van der Waals surface area (Å²) in [5.74, 6) is 0.805. The van der Waals surface area contributed by atoms with Gasteiger partial charge in [0, 0.05) is 11.9 Å². The lowest BCUT2D eigenvalue weighted by Gasteiger charge is -2.05. The highest BCUT2D eigenvalue weighted by Crippen LogP contribution is 2.12. The van der Waals surface area contributed by atoms with Crippen LogP contribution in [0.25, 0.3) is 0 Å². The topological polar surface area (TPSA) is 24.9 Å². The zero-order valence-electron chi connectivity index (χ0n) is 7.16. The molecular formula is C10H14N2. The number of rotatable bonds is 2. The van der Waals surface area contributed by atoms with Crippen LogP contribution in [0.2, 0.25) is 0 Å². The maximum absolute atomic E-state index is 4.31. The third kappa shape index (κ3) is 1.83. The molecule has 1 unspecified atom stereocenters. The molecule has 2 heterocycles. The van der Waals surface area contributed by atoms with Crippen molar-refractivity contribution in [3.05, 3.63) is 30.1 Å². The number of nitrogens with zero attached hydrogens (tertiary/aromatic N) is 1. The van der Waals surface area contributed by atoms with Crippen molar-refractivity contribution in [2.45, 2.75) is 12.8 Å². The van der Waals surface area contributed by atoms with Gasteiger partial charge in [0.1, 0.15) is 0 Å². The quantitative estimate of drug-likeness (QED) is 0.707. The van der Waals surface area contributed by atoms with Crippen molar-refractivity contribution in [2.75, 3.05) is 13.1 Å². The van der Waals surface area contributed by atoms with Crippen molar-refractivity contribution in [3.63, 3.8) is 0 Å². The summed E-state index contributed by atoms with van der Waals surface area (Å²) in [7, 11) is 0. The molecule has 0 radical (unpaired) electrons. The van der Waals surface area contributed by atoms with Gasteiger partial charge in [0.15, 0.2) is 0 Å². The van der Waals surface area contributed by atoms with Crippen molar-refractivity contribution in [3.8, 4) is 0 Å². The van der Waals surface area contributed by atoms with E-state index >= 15 is 0 Å². The molecule has 1 aliphatic heterocycles. The largest absolute Gasteiger partial charge is 0.316 e. The minimum atomic E-state index is 0.805. The van der Waals surface area contributed by atoms with Crippen LogP contribution in [-0.4, -0.2) is 18.1 Å². The molecule has 64 valence electrons. The van der Waals surface area contributed by atoms with E-state index in [0.717, 1.165) is 18.9 Å². The van der Waals surface area contributed by atoms with E-state index in [4.69, 9.17) is 0 Å². The Morgan fingerprint density at radius 3 is 3.17 bits per heavy atom. The molecule has 0 amide bonds. The average molecular weight is 162 g/mol. The fourth-order valence-corrected chi connectivity index (χ4v) is 1.70. The van der Waals surface area contributed by atoms with Crippen LogP contribution in [-0.2, 0) is 6.42 Å². The Morgan fingerprint density at radius 1 is 1.50 bits per heavy atom. The summed E-state index contributed by atoms with van der Waals surface area (Å²) >= 11 is 0. The van der Waals surface area contributed by atoms with Crippen molar-refractivity contribution in [1.29, 1.82) is 0 Å². The molecule has 12 heavy (non-hydrogen) atoms. The van der Waals surface area contributed by atoms with Crippen LogP contribution in [0.1, 0.15) is 12.1 Å². The Morgan fingerprint density at radius 2 is 2.50 bits per heavy atom. The molecule has 1 aromatic rings. The number of aromatic nitrogens is 1. The van der Waals surface area contributed by atoms with Crippen LogP contribution in [0, 0.1) is 5.92 Å². The van der Waals surface area contributed by atoms with E-state index in [-0.39, 0.29) is 0 Å². The van der Waals surface area contributed by atoms with Crippen LogP contribution < -0.4 is 5.32 Å². The Balaban J connectivity index is 1.94. The fraction of sp³-hybridized carbons (Fsp3) is 0.500. The first-order valence-corrected chi connectivity index (χ1v) is 4.56. The zero-order chi connectivity index (χ0) is 8.23. The van der Waals surface area contributed by atoms with Gasteiger partial charge in [0.25, 0.3) is 0 Å². The first kappa shape index (κ1) is 7.74. The summed E-state index contributed by atoms with van der Waals surface area (Å²) in [5.41, 5.74) is 1.23. The molecule has 0 aliphatic carbocycles. The van der Waals surface area contributed by atoms with E-state index in [0.29, 0.717) is 0 Å². The van der Waals surface area contributed by atoms with E-state index in [2.05, 4.69) is 22.4 Å². The van der Waals surface area contributed by atoms with Gasteiger partial charge in [-0.05, 0) is 44.0 Å². The molecule has 2 rings (SSSR count). The average Bonchev–Trinajstić information content (AvgIpc) is 2.59. The van der Waals surface area contributed by atoms with Gasteiger partial charge >= 0.3 is 0 Å². The van der Waals surface area contributed by atoms with E-state index < -0.39 is 0 Å². The summed E-state index contributed by atoms with van der Waals surface area (Å²) in [6.07, 6.45) is 4.31. The van der Waals surface area contributed by atoms with Crippen LogP contribution in [0.4, 0.5) is 0 Å². The second kappa shape index (κ2) is 3.68. The number of nitrogens with one attached hydrogen (secondary N) is 1. The molecule has 2 heteroatoms. The van der Waals surface area contributed by atoms with E-state index in [1.807, 2.05) is 12.3 Å². The molecule has 0 saturated carbocycles. The normalized spacial score (nSPS) is 22.8. The van der Waals surface area contributed by atoms with Crippen molar-refractivity contribution < 1.29 is 0 Å². The maximum atomic E-state index is 4.31. The predicted octanol–water partition coefficient (Wildman–Crippen LogP) is 1.23. The van der Waals surface area contributed by atoms with E-state index in [9.17, 15) is 0 Å². The molecule has 0 bridgehead atoms. The van der Waals surface area contributed by atoms with E-state index in [1.54, 1.807) is 0 Å². The van der Waals surface area contributed by atoms with E-state index in [1.165, 1.54) is 18.7 Å². The molecular weight excluding hydrogens is 148 g/mol. The first-order valence-electron chi connectivity index (χ1n) is 4.56. The lowest BCUT2D eigenvalue weighted by molar-refractivity contribution is 0.572. The van der Waals surface area contributed by atoms with Crippen LogP contribution >= 0.6 is 0 Å². The standard InChI is InChI=1S/C10H14N2/c1-2-5-12-10(3-1)7-9-4-6-11-8-9/h1-3,5,9,11H,4,6-8H2. The lowest BCUT2D eigenvalue weighted by atomic mass is 10.0. The van der Waals surface area contributed by atoms with Gasteiger partial charge in [-0.3, -0.25) is 4.98 Å². The Kier molecular flexibility index (Phi) is 2.37. The molecule has 0 spiro atoms. The molecule has 0 aromatic carbocycles. The van der Waals surface area contributed by atoms with Gasteiger partial charge in [-0.1, -0.05) is 6.07 Å². The Hall–Kier alpha value is -0.890. The molecule has 2 nitrogen and oxygen atoms in total. The highest BCUT2D eigenvalue weighted by atomic mass is 14.9. The van der Waals surface area contributed by atoms with Gasteiger partial charge in [-0.25, -0.2) is 0 Å². The second-order valence-corrected chi connectivity index (χ2v) is 3.38. The minimum absolute atomic E-state index is 0.805. The first-order chi connectivity index (χ1) is 5.95. The van der Waals surface area contributed by atoms with Gasteiger partial charge in [-0.2, -0.15) is 0 Å². The zero-order valence-corrected chi connectivity index (χ0v) is 7.16. The maximum Gasteiger partial charge on any atom is 0.0406 e. The summed E-state index contributed by atoms with van der Waals surface area (Å²) in [6.45, 7) is 2.34. The van der Waals surface area contributed by atoms with Gasteiger partial charge < -0.3 is 5.32 Å². The van der Waals surface area contributed by atoms with Gasteiger partial charge in [0.2, 0.25) is 0 Å². The smallest absolute Gasteiger partial charge is 0.0406 e.